The fourth-order valence-electron chi connectivity index (χ4n) is 3.67. The summed E-state index contributed by atoms with van der Waals surface area (Å²) in [5, 5.41) is -0.128. The van der Waals surface area contributed by atoms with E-state index >= 15 is 0 Å². The van der Waals surface area contributed by atoms with Crippen LogP contribution in [0.4, 0.5) is 0 Å². The van der Waals surface area contributed by atoms with E-state index in [2.05, 4.69) is 14.5 Å². The van der Waals surface area contributed by atoms with E-state index in [0.717, 1.165) is 57.7 Å². The summed E-state index contributed by atoms with van der Waals surface area (Å²) < 4.78 is 29.3. The molecule has 0 bridgehead atoms. The first-order valence-electron chi connectivity index (χ1n) is 8.76. The largest absolute Gasteiger partial charge is 0.334 e. The number of aromatic nitrogens is 2. The Hall–Kier alpha value is -0.920. The van der Waals surface area contributed by atoms with Gasteiger partial charge in [-0.1, -0.05) is 19.3 Å². The molecule has 6 nitrogen and oxygen atoms in total. The lowest BCUT2D eigenvalue weighted by atomic mass is 10.0. The monoisotopic (exact) mass is 340 g/mol. The molecule has 0 amide bonds. The first kappa shape index (κ1) is 16.9. The minimum atomic E-state index is -3.08. The molecule has 1 aliphatic heterocycles. The fourth-order valence-corrected chi connectivity index (χ4v) is 5.69. The van der Waals surface area contributed by atoms with Crippen LogP contribution in [0.15, 0.2) is 12.4 Å². The van der Waals surface area contributed by atoms with Crippen LogP contribution in [-0.2, 0) is 16.6 Å². The van der Waals surface area contributed by atoms with Crippen LogP contribution in [0, 0.1) is 6.92 Å². The average molecular weight is 340 g/mol. The highest BCUT2D eigenvalue weighted by molar-refractivity contribution is 7.89. The second-order valence-corrected chi connectivity index (χ2v) is 8.93. The molecule has 0 N–H and O–H groups in total. The van der Waals surface area contributed by atoms with Crippen LogP contribution in [0.3, 0.4) is 0 Å². The Morgan fingerprint density at radius 1 is 1.09 bits per heavy atom. The first-order valence-corrected chi connectivity index (χ1v) is 10.3. The van der Waals surface area contributed by atoms with E-state index in [0.29, 0.717) is 13.1 Å². The Morgan fingerprint density at radius 3 is 2.39 bits per heavy atom. The van der Waals surface area contributed by atoms with Crippen molar-refractivity contribution in [2.45, 2.75) is 50.8 Å². The van der Waals surface area contributed by atoms with Crippen molar-refractivity contribution in [2.24, 2.45) is 0 Å². The lowest BCUT2D eigenvalue weighted by molar-refractivity contribution is 0.181. The van der Waals surface area contributed by atoms with Gasteiger partial charge in [-0.25, -0.2) is 13.4 Å². The highest BCUT2D eigenvalue weighted by atomic mass is 32.2. The van der Waals surface area contributed by atoms with Gasteiger partial charge in [-0.15, -0.1) is 0 Å². The number of imidazole rings is 1. The molecule has 0 aromatic carbocycles. The number of rotatable bonds is 5. The summed E-state index contributed by atoms with van der Waals surface area (Å²) >= 11 is 0. The van der Waals surface area contributed by atoms with E-state index in [1.165, 1.54) is 6.42 Å². The standard InChI is InChI=1S/C16H28N4O2S/c1-15-17-7-8-19(15)12-9-18-10-13-20(14-11-18)23(21,22)16-5-3-2-4-6-16/h7-8,16H,2-6,9-14H2,1H3. The van der Waals surface area contributed by atoms with Gasteiger partial charge in [0.25, 0.3) is 0 Å². The van der Waals surface area contributed by atoms with Gasteiger partial charge in [0.05, 0.1) is 5.25 Å². The van der Waals surface area contributed by atoms with Gasteiger partial charge in [0.15, 0.2) is 0 Å². The van der Waals surface area contributed by atoms with Gasteiger partial charge in [0.2, 0.25) is 10.0 Å². The van der Waals surface area contributed by atoms with E-state index < -0.39 is 10.0 Å². The molecule has 23 heavy (non-hydrogen) atoms. The third-order valence-electron chi connectivity index (χ3n) is 5.25. The number of aryl methyl sites for hydroxylation is 1. The number of nitrogens with zero attached hydrogens (tertiary/aromatic N) is 4. The molecule has 1 saturated heterocycles. The molecule has 0 atom stereocenters. The molecule has 3 rings (SSSR count). The Bertz CT molecular complexity index is 599. The molecule has 1 saturated carbocycles. The second kappa shape index (κ2) is 7.32. The molecule has 1 aliphatic carbocycles. The fraction of sp³-hybridized carbons (Fsp3) is 0.812. The minimum Gasteiger partial charge on any atom is -0.334 e. The highest BCUT2D eigenvalue weighted by Crippen LogP contribution is 2.26. The van der Waals surface area contributed by atoms with Crippen molar-refractivity contribution in [3.8, 4) is 0 Å². The first-order chi connectivity index (χ1) is 11.1. The summed E-state index contributed by atoms with van der Waals surface area (Å²) in [6, 6.07) is 0. The zero-order valence-corrected chi connectivity index (χ0v) is 14.8. The molecule has 2 heterocycles. The van der Waals surface area contributed by atoms with Crippen molar-refractivity contribution in [3.63, 3.8) is 0 Å². The van der Waals surface area contributed by atoms with Crippen molar-refractivity contribution in [1.29, 1.82) is 0 Å². The van der Waals surface area contributed by atoms with Gasteiger partial charge in [0.1, 0.15) is 5.82 Å². The van der Waals surface area contributed by atoms with Crippen LogP contribution in [0.2, 0.25) is 0 Å². The number of piperazine rings is 1. The summed E-state index contributed by atoms with van der Waals surface area (Å²) in [6.07, 6.45) is 8.84. The Labute approximate surface area is 139 Å². The van der Waals surface area contributed by atoms with Gasteiger partial charge in [-0.2, -0.15) is 4.31 Å². The molecular formula is C16H28N4O2S. The SMILES string of the molecule is Cc1nccn1CCN1CCN(S(=O)(=O)C2CCCCC2)CC1. The van der Waals surface area contributed by atoms with E-state index in [1.54, 1.807) is 4.31 Å². The van der Waals surface area contributed by atoms with Gasteiger partial charge in [0, 0.05) is 51.7 Å². The van der Waals surface area contributed by atoms with E-state index in [4.69, 9.17) is 0 Å². The summed E-state index contributed by atoms with van der Waals surface area (Å²) in [7, 11) is -3.08. The topological polar surface area (TPSA) is 58.4 Å². The molecule has 1 aromatic rings. The number of hydrogen-bond donors (Lipinski definition) is 0. The van der Waals surface area contributed by atoms with Crippen molar-refractivity contribution < 1.29 is 8.42 Å². The van der Waals surface area contributed by atoms with Gasteiger partial charge < -0.3 is 4.57 Å². The molecular weight excluding hydrogens is 312 g/mol. The van der Waals surface area contributed by atoms with Crippen LogP contribution >= 0.6 is 0 Å². The number of sulfonamides is 1. The summed E-state index contributed by atoms with van der Waals surface area (Å²) in [6.45, 7) is 6.83. The average Bonchev–Trinajstić information content (AvgIpc) is 2.99. The zero-order valence-electron chi connectivity index (χ0n) is 14.0. The molecule has 130 valence electrons. The lowest BCUT2D eigenvalue weighted by Gasteiger charge is -2.36. The van der Waals surface area contributed by atoms with Crippen LogP contribution in [-0.4, -0.2) is 65.1 Å². The third-order valence-corrected chi connectivity index (χ3v) is 7.64. The van der Waals surface area contributed by atoms with E-state index in [1.807, 2.05) is 19.3 Å². The maximum absolute atomic E-state index is 12.7. The summed E-state index contributed by atoms with van der Waals surface area (Å²) in [4.78, 5) is 6.59. The van der Waals surface area contributed by atoms with Crippen molar-refractivity contribution >= 4 is 10.0 Å². The van der Waals surface area contributed by atoms with E-state index in [-0.39, 0.29) is 5.25 Å². The summed E-state index contributed by atoms with van der Waals surface area (Å²) in [5.74, 6) is 1.03. The van der Waals surface area contributed by atoms with Crippen LogP contribution in [0.25, 0.3) is 0 Å². The zero-order chi connectivity index (χ0) is 16.3. The maximum atomic E-state index is 12.7. The maximum Gasteiger partial charge on any atom is 0.217 e. The predicted molar refractivity (Wildman–Crippen MR) is 90.8 cm³/mol. The molecule has 7 heteroatoms. The third kappa shape index (κ3) is 3.95. The molecule has 0 spiro atoms. The Balaban J connectivity index is 1.49. The highest BCUT2D eigenvalue weighted by Gasteiger charge is 2.34. The molecule has 0 radical (unpaired) electrons. The summed E-state index contributed by atoms with van der Waals surface area (Å²) in [5.41, 5.74) is 0. The quantitative estimate of drug-likeness (QED) is 0.814. The van der Waals surface area contributed by atoms with Crippen molar-refractivity contribution in [3.05, 3.63) is 18.2 Å². The lowest BCUT2D eigenvalue weighted by Crippen LogP contribution is -2.51. The van der Waals surface area contributed by atoms with Crippen LogP contribution in [0.1, 0.15) is 37.9 Å². The second-order valence-electron chi connectivity index (χ2n) is 6.71. The Kier molecular flexibility index (Phi) is 5.38. The minimum absolute atomic E-state index is 0.128. The molecule has 0 unspecified atom stereocenters. The smallest absolute Gasteiger partial charge is 0.217 e. The van der Waals surface area contributed by atoms with Crippen LogP contribution < -0.4 is 0 Å². The van der Waals surface area contributed by atoms with Crippen LogP contribution in [0.5, 0.6) is 0 Å². The van der Waals surface area contributed by atoms with Gasteiger partial charge in [-0.3, -0.25) is 4.90 Å². The van der Waals surface area contributed by atoms with Gasteiger partial charge >= 0.3 is 0 Å². The van der Waals surface area contributed by atoms with Crippen molar-refractivity contribution in [2.75, 3.05) is 32.7 Å². The van der Waals surface area contributed by atoms with Gasteiger partial charge in [-0.05, 0) is 19.8 Å². The normalized spacial score (nSPS) is 22.5. The van der Waals surface area contributed by atoms with E-state index in [9.17, 15) is 8.42 Å². The molecule has 2 aliphatic rings. The molecule has 2 fully saturated rings. The van der Waals surface area contributed by atoms with Crippen molar-refractivity contribution in [1.82, 2.24) is 18.8 Å². The number of hydrogen-bond acceptors (Lipinski definition) is 4. The molecule has 1 aromatic heterocycles. The Morgan fingerprint density at radius 2 is 1.78 bits per heavy atom. The predicted octanol–water partition coefficient (Wildman–Crippen LogP) is 1.47.